The molecule has 3 heteroatoms. The molecule has 76 valence electrons. The number of hydrogen-bond donors (Lipinski definition) is 2. The van der Waals surface area contributed by atoms with Crippen LogP contribution >= 0.6 is 0 Å². The number of phenols is 1. The van der Waals surface area contributed by atoms with E-state index in [2.05, 4.69) is 0 Å². The van der Waals surface area contributed by atoms with E-state index in [1.54, 1.807) is 12.1 Å². The molecule has 1 aromatic rings. The molecule has 3 N–H and O–H groups in total. The van der Waals surface area contributed by atoms with Crippen molar-refractivity contribution < 1.29 is 9.90 Å². The molecule has 0 aliphatic carbocycles. The Morgan fingerprint density at radius 3 is 2.64 bits per heavy atom. The van der Waals surface area contributed by atoms with Gasteiger partial charge in [0.1, 0.15) is 12.0 Å². The van der Waals surface area contributed by atoms with E-state index in [-0.39, 0.29) is 11.3 Å². The first-order chi connectivity index (χ1) is 6.42. The molecular formula is C11H15NO2. The van der Waals surface area contributed by atoms with Crippen molar-refractivity contribution in [2.45, 2.75) is 25.8 Å². The van der Waals surface area contributed by atoms with Crippen LogP contribution in [0.15, 0.2) is 18.2 Å². The van der Waals surface area contributed by atoms with Gasteiger partial charge in [0.05, 0.1) is 0 Å². The summed E-state index contributed by atoms with van der Waals surface area (Å²) in [6, 6.07) is 4.75. The molecule has 0 aromatic heterocycles. The third-order valence-electron chi connectivity index (χ3n) is 1.90. The van der Waals surface area contributed by atoms with E-state index in [1.165, 1.54) is 6.07 Å². The zero-order valence-corrected chi connectivity index (χ0v) is 8.45. The molecule has 0 heterocycles. The van der Waals surface area contributed by atoms with Gasteiger partial charge in [0.15, 0.2) is 0 Å². The van der Waals surface area contributed by atoms with E-state index >= 15 is 0 Å². The molecule has 0 spiro atoms. The van der Waals surface area contributed by atoms with Crippen molar-refractivity contribution in [3.63, 3.8) is 0 Å². The first kappa shape index (κ1) is 10.7. The molecule has 0 amide bonds. The molecule has 0 bridgehead atoms. The average molecular weight is 193 g/mol. The number of rotatable bonds is 3. The van der Waals surface area contributed by atoms with Crippen molar-refractivity contribution in [1.29, 1.82) is 0 Å². The lowest BCUT2D eigenvalue weighted by atomic mass is 9.93. The van der Waals surface area contributed by atoms with Gasteiger partial charge in [-0.15, -0.1) is 0 Å². The minimum Gasteiger partial charge on any atom is -0.508 e. The third-order valence-corrected chi connectivity index (χ3v) is 1.90. The summed E-state index contributed by atoms with van der Waals surface area (Å²) in [6.07, 6.45) is 1.35. The van der Waals surface area contributed by atoms with E-state index in [1.807, 2.05) is 13.8 Å². The molecule has 0 atom stereocenters. The fourth-order valence-electron chi connectivity index (χ4n) is 1.34. The lowest BCUT2D eigenvalue weighted by Gasteiger charge is -2.19. The van der Waals surface area contributed by atoms with Crippen LogP contribution < -0.4 is 5.73 Å². The molecule has 14 heavy (non-hydrogen) atoms. The average Bonchev–Trinajstić information content (AvgIpc) is 2.06. The maximum atomic E-state index is 10.7. The molecule has 3 nitrogen and oxygen atoms in total. The Kier molecular flexibility index (Phi) is 2.91. The molecular weight excluding hydrogens is 178 g/mol. The van der Waals surface area contributed by atoms with Crippen molar-refractivity contribution in [3.8, 4) is 5.75 Å². The second kappa shape index (κ2) is 3.80. The Balaban J connectivity index is 3.03. The number of nitrogens with two attached hydrogens (primary N) is 1. The lowest BCUT2D eigenvalue weighted by Crippen LogP contribution is -2.34. The maximum Gasteiger partial charge on any atom is 0.150 e. The number of aldehydes is 1. The first-order valence-corrected chi connectivity index (χ1v) is 4.48. The van der Waals surface area contributed by atoms with E-state index in [0.29, 0.717) is 12.0 Å². The monoisotopic (exact) mass is 193 g/mol. The normalized spacial score (nSPS) is 11.4. The zero-order chi connectivity index (χ0) is 10.8. The quantitative estimate of drug-likeness (QED) is 0.715. The van der Waals surface area contributed by atoms with Crippen molar-refractivity contribution in [2.24, 2.45) is 5.73 Å². The summed E-state index contributed by atoms with van der Waals surface area (Å²) >= 11 is 0. The maximum absolute atomic E-state index is 10.7. The van der Waals surface area contributed by atoms with Crippen LogP contribution in [0.2, 0.25) is 0 Å². The molecule has 0 radical (unpaired) electrons. The highest BCUT2D eigenvalue weighted by Gasteiger charge is 2.14. The summed E-state index contributed by atoms with van der Waals surface area (Å²) in [5.41, 5.74) is 6.87. The van der Waals surface area contributed by atoms with Gasteiger partial charge in [0.25, 0.3) is 0 Å². The Hall–Kier alpha value is -1.35. The SMILES string of the molecule is CC(C)(N)Cc1ccc(O)cc1C=O. The van der Waals surface area contributed by atoms with Crippen molar-refractivity contribution >= 4 is 6.29 Å². The Morgan fingerprint density at radius 1 is 1.50 bits per heavy atom. The van der Waals surface area contributed by atoms with Crippen molar-refractivity contribution in [1.82, 2.24) is 0 Å². The predicted octanol–water partition coefficient (Wildman–Crippen LogP) is 1.48. The topological polar surface area (TPSA) is 63.3 Å². The summed E-state index contributed by atoms with van der Waals surface area (Å²) < 4.78 is 0. The second-order valence-corrected chi connectivity index (χ2v) is 4.17. The summed E-state index contributed by atoms with van der Waals surface area (Å²) in [6.45, 7) is 3.79. The first-order valence-electron chi connectivity index (χ1n) is 4.48. The fourth-order valence-corrected chi connectivity index (χ4v) is 1.34. The number of carbonyl (C=O) groups is 1. The molecule has 0 fully saturated rings. The highest BCUT2D eigenvalue weighted by atomic mass is 16.3. The van der Waals surface area contributed by atoms with Crippen LogP contribution in [0.1, 0.15) is 29.8 Å². The van der Waals surface area contributed by atoms with Gasteiger partial charge in [-0.2, -0.15) is 0 Å². The predicted molar refractivity (Wildman–Crippen MR) is 55.5 cm³/mol. The van der Waals surface area contributed by atoms with Crippen LogP contribution in [0, 0.1) is 0 Å². The summed E-state index contributed by atoms with van der Waals surface area (Å²) in [4.78, 5) is 10.7. The highest BCUT2D eigenvalue weighted by Crippen LogP contribution is 2.18. The van der Waals surface area contributed by atoms with Crippen LogP contribution in [0.4, 0.5) is 0 Å². The third kappa shape index (κ3) is 2.85. The summed E-state index contributed by atoms with van der Waals surface area (Å²) in [5.74, 6) is 0.102. The zero-order valence-electron chi connectivity index (χ0n) is 8.45. The van der Waals surface area contributed by atoms with E-state index in [4.69, 9.17) is 5.73 Å². The van der Waals surface area contributed by atoms with Gasteiger partial charge in [0, 0.05) is 11.1 Å². The van der Waals surface area contributed by atoms with Crippen molar-refractivity contribution in [3.05, 3.63) is 29.3 Å². The van der Waals surface area contributed by atoms with Gasteiger partial charge < -0.3 is 10.8 Å². The molecule has 0 saturated carbocycles. The van der Waals surface area contributed by atoms with E-state index in [0.717, 1.165) is 11.8 Å². The smallest absolute Gasteiger partial charge is 0.150 e. The largest absolute Gasteiger partial charge is 0.508 e. The number of aromatic hydroxyl groups is 1. The van der Waals surface area contributed by atoms with Gasteiger partial charge in [-0.1, -0.05) is 6.07 Å². The molecule has 0 unspecified atom stereocenters. The molecule has 0 aliphatic heterocycles. The summed E-state index contributed by atoms with van der Waals surface area (Å²) in [5, 5.41) is 9.18. The standard InChI is InChI=1S/C11H15NO2/c1-11(2,12)6-8-3-4-10(14)5-9(8)7-13/h3-5,7,14H,6,12H2,1-2H3. The van der Waals surface area contributed by atoms with Crippen LogP contribution in [0.25, 0.3) is 0 Å². The van der Waals surface area contributed by atoms with Gasteiger partial charge in [-0.25, -0.2) is 0 Å². The number of benzene rings is 1. The van der Waals surface area contributed by atoms with Gasteiger partial charge in [0.2, 0.25) is 0 Å². The molecule has 0 saturated heterocycles. The molecule has 1 rings (SSSR count). The van der Waals surface area contributed by atoms with Gasteiger partial charge in [-0.05, 0) is 38.0 Å². The minimum absolute atomic E-state index is 0.102. The Morgan fingerprint density at radius 2 is 2.14 bits per heavy atom. The molecule has 1 aromatic carbocycles. The molecule has 0 aliphatic rings. The minimum atomic E-state index is -0.352. The van der Waals surface area contributed by atoms with E-state index < -0.39 is 0 Å². The van der Waals surface area contributed by atoms with Crippen molar-refractivity contribution in [2.75, 3.05) is 0 Å². The number of carbonyl (C=O) groups excluding carboxylic acids is 1. The van der Waals surface area contributed by atoms with Crippen LogP contribution in [0.3, 0.4) is 0 Å². The van der Waals surface area contributed by atoms with Crippen LogP contribution in [-0.4, -0.2) is 16.9 Å². The van der Waals surface area contributed by atoms with Crippen LogP contribution in [0.5, 0.6) is 5.75 Å². The second-order valence-electron chi connectivity index (χ2n) is 4.17. The van der Waals surface area contributed by atoms with E-state index in [9.17, 15) is 9.90 Å². The van der Waals surface area contributed by atoms with Gasteiger partial charge >= 0.3 is 0 Å². The summed E-state index contributed by atoms with van der Waals surface area (Å²) in [7, 11) is 0. The van der Waals surface area contributed by atoms with Crippen LogP contribution in [-0.2, 0) is 6.42 Å². The Labute approximate surface area is 83.6 Å². The fraction of sp³-hybridized carbons (Fsp3) is 0.364. The number of phenolic OH excluding ortho intramolecular Hbond substituents is 1. The van der Waals surface area contributed by atoms with Gasteiger partial charge in [-0.3, -0.25) is 4.79 Å². The Bertz CT molecular complexity index is 340. The number of hydrogen-bond acceptors (Lipinski definition) is 3. The lowest BCUT2D eigenvalue weighted by molar-refractivity contribution is 0.112. The highest BCUT2D eigenvalue weighted by molar-refractivity contribution is 5.78.